The van der Waals surface area contributed by atoms with Crippen LogP contribution < -0.4 is 0 Å². The summed E-state index contributed by atoms with van der Waals surface area (Å²) in [4.78, 5) is 11.4. The maximum absolute atomic E-state index is 11.4. The number of nitrogens with zero attached hydrogens (tertiary/aromatic N) is 2. The first-order valence-corrected chi connectivity index (χ1v) is 6.51. The molecule has 0 aliphatic heterocycles. The largest absolute Gasteiger partial charge is 0.478 e. The summed E-state index contributed by atoms with van der Waals surface area (Å²) in [7, 11) is 0. The maximum Gasteiger partial charge on any atom is 0.339 e. The average molecular weight is 282 g/mol. The summed E-state index contributed by atoms with van der Waals surface area (Å²) in [6, 6.07) is 9.31. The predicted molar refractivity (Wildman–Crippen MR) is 77.7 cm³/mol. The van der Waals surface area contributed by atoms with E-state index in [1.54, 1.807) is 16.8 Å². The van der Waals surface area contributed by atoms with Crippen molar-refractivity contribution in [2.24, 2.45) is 0 Å². The monoisotopic (exact) mass is 282 g/mol. The fraction of sp³-hybridized carbons (Fsp3) is 0.125. The number of benzene rings is 1. The molecule has 0 aliphatic rings. The Morgan fingerprint density at radius 2 is 2.05 bits per heavy atom. The van der Waals surface area contributed by atoms with Crippen molar-refractivity contribution >= 4 is 5.97 Å². The first-order chi connectivity index (χ1) is 10.1. The molecule has 2 heterocycles. The minimum absolute atomic E-state index is 0.114. The van der Waals surface area contributed by atoms with E-state index in [0.717, 1.165) is 11.3 Å². The van der Waals surface area contributed by atoms with E-state index in [-0.39, 0.29) is 5.56 Å². The van der Waals surface area contributed by atoms with Crippen molar-refractivity contribution in [3.8, 4) is 17.1 Å². The van der Waals surface area contributed by atoms with Crippen LogP contribution in [0.2, 0.25) is 0 Å². The summed E-state index contributed by atoms with van der Waals surface area (Å²) in [6.45, 7) is 4.03. The highest BCUT2D eigenvalue weighted by atomic mass is 16.4. The third kappa shape index (κ3) is 2.23. The number of hydrogen-bond acceptors (Lipinski definition) is 3. The summed E-state index contributed by atoms with van der Waals surface area (Å²) < 4.78 is 6.95. The van der Waals surface area contributed by atoms with Crippen molar-refractivity contribution in [1.82, 2.24) is 9.78 Å². The first-order valence-electron chi connectivity index (χ1n) is 6.51. The van der Waals surface area contributed by atoms with Gasteiger partial charge in [0.05, 0.1) is 18.1 Å². The molecule has 21 heavy (non-hydrogen) atoms. The van der Waals surface area contributed by atoms with E-state index < -0.39 is 5.97 Å². The highest BCUT2D eigenvalue weighted by molar-refractivity contribution is 5.94. The molecule has 0 radical (unpaired) electrons. The molecule has 1 aromatic carbocycles. The summed E-state index contributed by atoms with van der Waals surface area (Å²) >= 11 is 0. The van der Waals surface area contributed by atoms with Crippen molar-refractivity contribution in [3.05, 3.63) is 59.5 Å². The molecule has 0 saturated carbocycles. The third-order valence-corrected chi connectivity index (χ3v) is 3.49. The molecule has 0 fully saturated rings. The number of carboxylic acid groups (broad SMARTS) is 1. The van der Waals surface area contributed by atoms with Crippen LogP contribution in [-0.4, -0.2) is 20.9 Å². The van der Waals surface area contributed by atoms with E-state index in [4.69, 9.17) is 4.42 Å². The van der Waals surface area contributed by atoms with Crippen LogP contribution in [0.25, 0.3) is 17.1 Å². The van der Waals surface area contributed by atoms with Gasteiger partial charge < -0.3 is 9.52 Å². The molecule has 106 valence electrons. The van der Waals surface area contributed by atoms with Crippen LogP contribution in [-0.2, 0) is 0 Å². The zero-order valence-corrected chi connectivity index (χ0v) is 11.7. The highest BCUT2D eigenvalue weighted by Crippen LogP contribution is 2.27. The van der Waals surface area contributed by atoms with Crippen molar-refractivity contribution in [3.63, 3.8) is 0 Å². The van der Waals surface area contributed by atoms with E-state index in [1.165, 1.54) is 18.0 Å². The Hall–Kier alpha value is -2.82. The number of aromatic nitrogens is 2. The van der Waals surface area contributed by atoms with Gasteiger partial charge in [-0.05, 0) is 49.2 Å². The van der Waals surface area contributed by atoms with Gasteiger partial charge in [-0.15, -0.1) is 0 Å². The molecule has 1 N–H and O–H groups in total. The Morgan fingerprint density at radius 1 is 1.24 bits per heavy atom. The fourth-order valence-corrected chi connectivity index (χ4v) is 2.21. The van der Waals surface area contributed by atoms with E-state index in [1.807, 2.05) is 32.0 Å². The summed E-state index contributed by atoms with van der Waals surface area (Å²) in [5.41, 5.74) is 3.64. The number of hydrogen-bond donors (Lipinski definition) is 1. The van der Waals surface area contributed by atoms with E-state index in [9.17, 15) is 9.90 Å². The van der Waals surface area contributed by atoms with Gasteiger partial charge in [0, 0.05) is 0 Å². The second kappa shape index (κ2) is 4.94. The van der Waals surface area contributed by atoms with Crippen LogP contribution in [0.1, 0.15) is 21.5 Å². The Balaban J connectivity index is 2.23. The molecule has 0 amide bonds. The standard InChI is InChI=1S/C16H14N2O3/c1-10-5-6-12(8-11(10)2)18-15(14-4-3-7-21-14)13(9-17-18)16(19)20/h3-9H,1-2H3,(H,19,20). The van der Waals surface area contributed by atoms with Gasteiger partial charge in [-0.25, -0.2) is 9.48 Å². The lowest BCUT2D eigenvalue weighted by Gasteiger charge is -2.09. The normalized spacial score (nSPS) is 10.8. The van der Waals surface area contributed by atoms with Gasteiger partial charge in [0.25, 0.3) is 0 Å². The summed E-state index contributed by atoms with van der Waals surface area (Å²) in [5.74, 6) is -0.556. The molecule has 0 bridgehead atoms. The molecule has 0 spiro atoms. The second-order valence-electron chi connectivity index (χ2n) is 4.87. The number of carboxylic acids is 1. The van der Waals surface area contributed by atoms with Crippen LogP contribution in [0.3, 0.4) is 0 Å². The minimum Gasteiger partial charge on any atom is -0.478 e. The third-order valence-electron chi connectivity index (χ3n) is 3.49. The molecule has 0 aliphatic carbocycles. The van der Waals surface area contributed by atoms with Gasteiger partial charge >= 0.3 is 5.97 Å². The van der Waals surface area contributed by atoms with Crippen molar-refractivity contribution < 1.29 is 14.3 Å². The Bertz CT molecular complexity index is 801. The number of aromatic carboxylic acids is 1. The van der Waals surface area contributed by atoms with Crippen LogP contribution in [0.15, 0.2) is 47.2 Å². The zero-order valence-electron chi connectivity index (χ0n) is 11.7. The quantitative estimate of drug-likeness (QED) is 0.799. The fourth-order valence-electron chi connectivity index (χ4n) is 2.21. The number of furan rings is 1. The van der Waals surface area contributed by atoms with Gasteiger partial charge in [-0.1, -0.05) is 6.07 Å². The molecule has 0 saturated heterocycles. The maximum atomic E-state index is 11.4. The van der Waals surface area contributed by atoms with Gasteiger partial charge in [-0.3, -0.25) is 0 Å². The highest BCUT2D eigenvalue weighted by Gasteiger charge is 2.21. The minimum atomic E-state index is -1.03. The van der Waals surface area contributed by atoms with Crippen molar-refractivity contribution in [2.45, 2.75) is 13.8 Å². The van der Waals surface area contributed by atoms with Crippen molar-refractivity contribution in [1.29, 1.82) is 0 Å². The topological polar surface area (TPSA) is 68.3 Å². The molecule has 5 heteroatoms. The van der Waals surface area contributed by atoms with Gasteiger partial charge in [0.2, 0.25) is 0 Å². The number of aryl methyl sites for hydroxylation is 2. The van der Waals surface area contributed by atoms with Gasteiger partial charge in [0.1, 0.15) is 11.3 Å². The van der Waals surface area contributed by atoms with Crippen LogP contribution >= 0.6 is 0 Å². The Kier molecular flexibility index (Phi) is 3.10. The van der Waals surface area contributed by atoms with Gasteiger partial charge in [-0.2, -0.15) is 5.10 Å². The summed E-state index contributed by atoms with van der Waals surface area (Å²) in [6.07, 6.45) is 2.86. The molecule has 0 unspecified atom stereocenters. The SMILES string of the molecule is Cc1ccc(-n2ncc(C(=O)O)c2-c2ccco2)cc1C. The Labute approximate surface area is 121 Å². The lowest BCUT2D eigenvalue weighted by atomic mass is 10.1. The summed E-state index contributed by atoms with van der Waals surface area (Å²) in [5, 5.41) is 13.5. The molecular weight excluding hydrogens is 268 g/mol. The average Bonchev–Trinajstić information content (AvgIpc) is 3.09. The van der Waals surface area contributed by atoms with Crippen molar-refractivity contribution in [2.75, 3.05) is 0 Å². The van der Waals surface area contributed by atoms with Crippen LogP contribution in [0.4, 0.5) is 0 Å². The second-order valence-corrected chi connectivity index (χ2v) is 4.87. The zero-order chi connectivity index (χ0) is 15.0. The number of rotatable bonds is 3. The molecule has 3 rings (SSSR count). The Morgan fingerprint density at radius 3 is 2.67 bits per heavy atom. The lowest BCUT2D eigenvalue weighted by Crippen LogP contribution is -2.03. The van der Waals surface area contributed by atoms with Crippen LogP contribution in [0.5, 0.6) is 0 Å². The van der Waals surface area contributed by atoms with E-state index >= 15 is 0 Å². The molecule has 5 nitrogen and oxygen atoms in total. The van der Waals surface area contributed by atoms with E-state index in [0.29, 0.717) is 11.5 Å². The first kappa shape index (κ1) is 13.2. The predicted octanol–water partition coefficient (Wildman–Crippen LogP) is 3.45. The van der Waals surface area contributed by atoms with Gasteiger partial charge in [0.15, 0.2) is 5.76 Å². The molecule has 2 aromatic heterocycles. The number of carbonyl (C=O) groups is 1. The molecule has 3 aromatic rings. The van der Waals surface area contributed by atoms with E-state index in [2.05, 4.69) is 5.10 Å². The van der Waals surface area contributed by atoms with Crippen LogP contribution in [0, 0.1) is 13.8 Å². The smallest absolute Gasteiger partial charge is 0.339 e. The lowest BCUT2D eigenvalue weighted by molar-refractivity contribution is 0.0697. The molecular formula is C16H14N2O3. The molecule has 0 atom stereocenters.